The zero-order valence-corrected chi connectivity index (χ0v) is 10.6. The second-order valence-corrected chi connectivity index (χ2v) is 3.90. The Morgan fingerprint density at radius 3 is 2.37 bits per heavy atom. The van der Waals surface area contributed by atoms with Crippen LogP contribution in [0.15, 0.2) is 36.4 Å². The van der Waals surface area contributed by atoms with Gasteiger partial charge in [-0.3, -0.25) is 0 Å². The summed E-state index contributed by atoms with van der Waals surface area (Å²) in [5.41, 5.74) is 1.58. The Hall–Kier alpha value is -2.63. The highest BCUT2D eigenvalue weighted by Crippen LogP contribution is 2.21. The smallest absolute Gasteiger partial charge is 0.231 e. The molecule has 0 amide bonds. The van der Waals surface area contributed by atoms with E-state index in [0.29, 0.717) is 17.4 Å². The highest BCUT2D eigenvalue weighted by atomic mass is 16.5. The van der Waals surface area contributed by atoms with Gasteiger partial charge in [0.15, 0.2) is 11.5 Å². The van der Waals surface area contributed by atoms with Crippen molar-refractivity contribution in [2.75, 3.05) is 14.2 Å². The fourth-order valence-electron chi connectivity index (χ4n) is 1.80. The average Bonchev–Trinajstić information content (AvgIpc) is 2.90. The molecule has 3 aromatic rings. The van der Waals surface area contributed by atoms with Crippen molar-refractivity contribution in [3.05, 3.63) is 36.4 Å². The second-order valence-electron chi connectivity index (χ2n) is 3.90. The normalized spacial score (nSPS) is 10.6. The average molecular weight is 256 g/mol. The van der Waals surface area contributed by atoms with E-state index in [0.717, 1.165) is 11.3 Å². The summed E-state index contributed by atoms with van der Waals surface area (Å²) < 4.78 is 11.9. The minimum Gasteiger partial charge on any atom is -0.497 e. The third-order valence-corrected chi connectivity index (χ3v) is 2.80. The standard InChI is InChI=1S/C13H12N4O2/c1-18-10-5-3-9(4-6-10)13-15-14-11-7-8-12(19-2)16-17(11)13/h3-8H,1-2H3. The molecule has 0 fully saturated rings. The van der Waals surface area contributed by atoms with E-state index >= 15 is 0 Å². The van der Waals surface area contributed by atoms with E-state index in [2.05, 4.69) is 15.3 Å². The predicted molar refractivity (Wildman–Crippen MR) is 69.3 cm³/mol. The molecule has 19 heavy (non-hydrogen) atoms. The van der Waals surface area contributed by atoms with Gasteiger partial charge in [0, 0.05) is 11.6 Å². The van der Waals surface area contributed by atoms with Crippen LogP contribution in [0.5, 0.6) is 11.6 Å². The van der Waals surface area contributed by atoms with E-state index in [-0.39, 0.29) is 0 Å². The molecule has 1 aromatic carbocycles. The lowest BCUT2D eigenvalue weighted by molar-refractivity contribution is 0.390. The Balaban J connectivity index is 2.12. The summed E-state index contributed by atoms with van der Waals surface area (Å²) in [6, 6.07) is 11.1. The number of hydrogen-bond donors (Lipinski definition) is 0. The molecule has 0 atom stereocenters. The quantitative estimate of drug-likeness (QED) is 0.715. The van der Waals surface area contributed by atoms with Crippen molar-refractivity contribution >= 4 is 5.65 Å². The van der Waals surface area contributed by atoms with E-state index in [1.807, 2.05) is 30.3 Å². The summed E-state index contributed by atoms with van der Waals surface area (Å²) >= 11 is 0. The van der Waals surface area contributed by atoms with Crippen molar-refractivity contribution in [2.24, 2.45) is 0 Å². The van der Waals surface area contributed by atoms with Crippen LogP contribution in [0, 0.1) is 0 Å². The van der Waals surface area contributed by atoms with Crippen LogP contribution in [0.25, 0.3) is 17.0 Å². The van der Waals surface area contributed by atoms with E-state index < -0.39 is 0 Å². The van der Waals surface area contributed by atoms with Gasteiger partial charge >= 0.3 is 0 Å². The summed E-state index contributed by atoms with van der Waals surface area (Å²) in [6.45, 7) is 0. The van der Waals surface area contributed by atoms with Crippen molar-refractivity contribution in [1.29, 1.82) is 0 Å². The van der Waals surface area contributed by atoms with Gasteiger partial charge in [-0.1, -0.05) is 0 Å². The topological polar surface area (TPSA) is 61.5 Å². The van der Waals surface area contributed by atoms with Gasteiger partial charge in [0.05, 0.1) is 14.2 Å². The molecule has 0 saturated heterocycles. The molecular weight excluding hydrogens is 244 g/mol. The zero-order chi connectivity index (χ0) is 13.2. The van der Waals surface area contributed by atoms with Crippen molar-refractivity contribution in [3.8, 4) is 23.0 Å². The van der Waals surface area contributed by atoms with Crippen LogP contribution in [0.2, 0.25) is 0 Å². The molecule has 0 spiro atoms. The van der Waals surface area contributed by atoms with Crippen LogP contribution < -0.4 is 9.47 Å². The number of benzene rings is 1. The number of hydrogen-bond acceptors (Lipinski definition) is 5. The van der Waals surface area contributed by atoms with Crippen molar-refractivity contribution in [2.45, 2.75) is 0 Å². The monoisotopic (exact) mass is 256 g/mol. The maximum atomic E-state index is 5.13. The van der Waals surface area contributed by atoms with Gasteiger partial charge in [-0.2, -0.15) is 4.52 Å². The Kier molecular flexibility index (Phi) is 2.75. The van der Waals surface area contributed by atoms with Gasteiger partial charge in [-0.05, 0) is 30.3 Å². The number of nitrogens with zero attached hydrogens (tertiary/aromatic N) is 4. The largest absolute Gasteiger partial charge is 0.497 e. The third-order valence-electron chi connectivity index (χ3n) is 2.80. The third kappa shape index (κ3) is 1.97. The minimum absolute atomic E-state index is 0.516. The van der Waals surface area contributed by atoms with Gasteiger partial charge < -0.3 is 9.47 Å². The van der Waals surface area contributed by atoms with Crippen LogP contribution in [0.1, 0.15) is 0 Å². The fraction of sp³-hybridized carbons (Fsp3) is 0.154. The van der Waals surface area contributed by atoms with Crippen molar-refractivity contribution in [3.63, 3.8) is 0 Å². The molecular formula is C13H12N4O2. The lowest BCUT2D eigenvalue weighted by atomic mass is 10.2. The fourth-order valence-corrected chi connectivity index (χ4v) is 1.80. The Morgan fingerprint density at radius 2 is 1.68 bits per heavy atom. The number of methoxy groups -OCH3 is 2. The molecule has 0 unspecified atom stereocenters. The lowest BCUT2D eigenvalue weighted by Gasteiger charge is -2.03. The maximum absolute atomic E-state index is 5.13. The van der Waals surface area contributed by atoms with Gasteiger partial charge in [0.25, 0.3) is 0 Å². The summed E-state index contributed by atoms with van der Waals surface area (Å²) in [7, 11) is 3.21. The van der Waals surface area contributed by atoms with Gasteiger partial charge in [-0.15, -0.1) is 15.3 Å². The van der Waals surface area contributed by atoms with E-state index in [4.69, 9.17) is 9.47 Å². The molecule has 0 bridgehead atoms. The second kappa shape index (κ2) is 4.56. The number of ether oxygens (including phenoxy) is 2. The molecule has 3 rings (SSSR count). The van der Waals surface area contributed by atoms with Crippen LogP contribution >= 0.6 is 0 Å². The molecule has 0 radical (unpaired) electrons. The Morgan fingerprint density at radius 1 is 0.895 bits per heavy atom. The highest BCUT2D eigenvalue weighted by Gasteiger charge is 2.10. The number of aromatic nitrogens is 4. The van der Waals surface area contributed by atoms with Crippen LogP contribution in [0.4, 0.5) is 0 Å². The van der Waals surface area contributed by atoms with Gasteiger partial charge in [0.1, 0.15) is 5.75 Å². The summed E-state index contributed by atoms with van der Waals surface area (Å²) in [5, 5.41) is 12.5. The van der Waals surface area contributed by atoms with Crippen LogP contribution in [0.3, 0.4) is 0 Å². The minimum atomic E-state index is 0.516. The van der Waals surface area contributed by atoms with Gasteiger partial charge in [0.2, 0.25) is 5.88 Å². The zero-order valence-electron chi connectivity index (χ0n) is 10.6. The molecule has 0 aliphatic rings. The summed E-state index contributed by atoms with van der Waals surface area (Å²) in [5.74, 6) is 1.97. The molecule has 0 N–H and O–H groups in total. The first-order valence-electron chi connectivity index (χ1n) is 5.72. The van der Waals surface area contributed by atoms with E-state index in [1.165, 1.54) is 0 Å². The van der Waals surface area contributed by atoms with Crippen molar-refractivity contribution < 1.29 is 9.47 Å². The molecule has 0 aliphatic heterocycles. The predicted octanol–water partition coefficient (Wildman–Crippen LogP) is 1.81. The molecule has 2 heterocycles. The van der Waals surface area contributed by atoms with Crippen LogP contribution in [-0.4, -0.2) is 34.0 Å². The van der Waals surface area contributed by atoms with E-state index in [1.54, 1.807) is 24.8 Å². The van der Waals surface area contributed by atoms with Crippen LogP contribution in [-0.2, 0) is 0 Å². The molecule has 6 nitrogen and oxygen atoms in total. The van der Waals surface area contributed by atoms with E-state index in [9.17, 15) is 0 Å². The molecule has 2 aromatic heterocycles. The highest BCUT2D eigenvalue weighted by molar-refractivity contribution is 5.59. The molecule has 0 aliphatic carbocycles. The Labute approximate surface area is 109 Å². The maximum Gasteiger partial charge on any atom is 0.231 e. The first kappa shape index (κ1) is 11.5. The molecule has 96 valence electrons. The SMILES string of the molecule is COc1ccc(-c2nnc3ccc(OC)nn23)cc1. The summed E-state index contributed by atoms with van der Waals surface area (Å²) in [6.07, 6.45) is 0. The number of rotatable bonds is 3. The van der Waals surface area contributed by atoms with Gasteiger partial charge in [-0.25, -0.2) is 0 Å². The first-order valence-corrected chi connectivity index (χ1v) is 5.72. The first-order chi connectivity index (χ1) is 9.31. The number of fused-ring (bicyclic) bond motifs is 1. The van der Waals surface area contributed by atoms with Crippen molar-refractivity contribution in [1.82, 2.24) is 19.8 Å². The molecule has 0 saturated carbocycles. The lowest BCUT2D eigenvalue weighted by Crippen LogP contribution is -1.97. The Bertz CT molecular complexity index is 706. The molecule has 6 heteroatoms. The summed E-state index contributed by atoms with van der Waals surface area (Å²) in [4.78, 5) is 0.